The highest BCUT2D eigenvalue weighted by Crippen LogP contribution is 2.49. The molecular weight excluding hydrogens is 334 g/mol. The van der Waals surface area contributed by atoms with Crippen LogP contribution in [-0.2, 0) is 12.2 Å². The van der Waals surface area contributed by atoms with E-state index in [0.29, 0.717) is 17.2 Å². The van der Waals surface area contributed by atoms with Crippen molar-refractivity contribution in [2.45, 2.75) is 44.2 Å². The van der Waals surface area contributed by atoms with Crippen LogP contribution in [0.2, 0.25) is 0 Å². The van der Waals surface area contributed by atoms with E-state index in [4.69, 9.17) is 4.74 Å². The Hall–Kier alpha value is -0.190. The fourth-order valence-electron chi connectivity index (χ4n) is 3.32. The van der Waals surface area contributed by atoms with Crippen molar-refractivity contribution in [2.75, 3.05) is 13.2 Å². The fraction of sp³-hybridized carbons (Fsp3) is 0.625. The topological polar surface area (TPSA) is 21.3 Å². The molecule has 20 heavy (non-hydrogen) atoms. The van der Waals surface area contributed by atoms with E-state index in [1.165, 1.54) is 26.9 Å². The lowest BCUT2D eigenvalue weighted by atomic mass is 9.90. The van der Waals surface area contributed by atoms with Crippen LogP contribution in [0.1, 0.15) is 43.5 Å². The molecule has 2 unspecified atom stereocenters. The molecule has 2 heterocycles. The number of rotatable bonds is 3. The minimum atomic E-state index is 0.414. The lowest BCUT2D eigenvalue weighted by Crippen LogP contribution is -2.36. The van der Waals surface area contributed by atoms with E-state index in [-0.39, 0.29) is 0 Å². The SMILES string of the molecule is CCNC1c2c(Br)cc3c(c2CSC1C(C)C)OCC3. The van der Waals surface area contributed by atoms with Gasteiger partial charge in [-0.1, -0.05) is 36.7 Å². The van der Waals surface area contributed by atoms with Crippen LogP contribution in [0, 0.1) is 5.92 Å². The zero-order chi connectivity index (χ0) is 14.3. The van der Waals surface area contributed by atoms with Crippen molar-refractivity contribution in [3.05, 3.63) is 27.2 Å². The molecule has 110 valence electrons. The van der Waals surface area contributed by atoms with Gasteiger partial charge in [0, 0.05) is 33.5 Å². The van der Waals surface area contributed by atoms with Gasteiger partial charge in [0.15, 0.2) is 0 Å². The number of thioether (sulfide) groups is 1. The summed E-state index contributed by atoms with van der Waals surface area (Å²) in [4.78, 5) is 0. The zero-order valence-corrected chi connectivity index (χ0v) is 14.7. The largest absolute Gasteiger partial charge is 0.493 e. The molecule has 0 fully saturated rings. The molecule has 3 rings (SSSR count). The van der Waals surface area contributed by atoms with Crippen LogP contribution in [0.15, 0.2) is 10.5 Å². The molecule has 0 bridgehead atoms. The van der Waals surface area contributed by atoms with Gasteiger partial charge < -0.3 is 10.1 Å². The van der Waals surface area contributed by atoms with E-state index in [1.807, 2.05) is 0 Å². The van der Waals surface area contributed by atoms with Crippen LogP contribution >= 0.6 is 27.7 Å². The predicted molar refractivity (Wildman–Crippen MR) is 89.7 cm³/mol. The highest BCUT2D eigenvalue weighted by Gasteiger charge is 2.36. The van der Waals surface area contributed by atoms with E-state index < -0.39 is 0 Å². The van der Waals surface area contributed by atoms with Crippen molar-refractivity contribution >= 4 is 27.7 Å². The average molecular weight is 356 g/mol. The number of halogens is 1. The summed E-state index contributed by atoms with van der Waals surface area (Å²) in [5, 5.41) is 4.32. The molecule has 2 aliphatic rings. The summed E-state index contributed by atoms with van der Waals surface area (Å²) >= 11 is 5.89. The van der Waals surface area contributed by atoms with Crippen LogP contribution < -0.4 is 10.1 Å². The first-order valence-electron chi connectivity index (χ1n) is 7.45. The van der Waals surface area contributed by atoms with Crippen molar-refractivity contribution in [3.8, 4) is 5.75 Å². The Balaban J connectivity index is 2.10. The first kappa shape index (κ1) is 14.7. The zero-order valence-electron chi connectivity index (χ0n) is 12.3. The molecule has 0 amide bonds. The maximum atomic E-state index is 5.91. The first-order chi connectivity index (χ1) is 9.63. The normalized spacial score (nSPS) is 24.4. The van der Waals surface area contributed by atoms with Gasteiger partial charge in [-0.25, -0.2) is 0 Å². The number of hydrogen-bond acceptors (Lipinski definition) is 3. The second kappa shape index (κ2) is 5.90. The number of ether oxygens (including phenoxy) is 1. The highest BCUT2D eigenvalue weighted by molar-refractivity contribution is 9.10. The molecule has 1 aromatic rings. The molecule has 2 atom stereocenters. The van der Waals surface area contributed by atoms with Gasteiger partial charge >= 0.3 is 0 Å². The Morgan fingerprint density at radius 3 is 3.00 bits per heavy atom. The number of hydrogen-bond donors (Lipinski definition) is 1. The molecule has 0 spiro atoms. The molecule has 0 radical (unpaired) electrons. The molecule has 0 saturated heterocycles. The van der Waals surface area contributed by atoms with Crippen LogP contribution in [0.25, 0.3) is 0 Å². The second-order valence-corrected chi connectivity index (χ2v) is 7.91. The van der Waals surface area contributed by atoms with E-state index in [1.54, 1.807) is 0 Å². The third-order valence-corrected chi connectivity index (χ3v) is 6.52. The molecule has 2 nitrogen and oxygen atoms in total. The molecule has 0 aliphatic carbocycles. The van der Waals surface area contributed by atoms with Crippen molar-refractivity contribution in [3.63, 3.8) is 0 Å². The summed E-state index contributed by atoms with van der Waals surface area (Å²) in [7, 11) is 0. The van der Waals surface area contributed by atoms with Gasteiger partial charge in [0.25, 0.3) is 0 Å². The first-order valence-corrected chi connectivity index (χ1v) is 9.29. The Morgan fingerprint density at radius 2 is 2.30 bits per heavy atom. The fourth-order valence-corrected chi connectivity index (χ4v) is 5.54. The van der Waals surface area contributed by atoms with Gasteiger partial charge in [0.05, 0.1) is 6.61 Å². The van der Waals surface area contributed by atoms with E-state index in [0.717, 1.165) is 25.3 Å². The van der Waals surface area contributed by atoms with Crippen LogP contribution in [-0.4, -0.2) is 18.4 Å². The summed E-state index contributed by atoms with van der Waals surface area (Å²) in [5.41, 5.74) is 4.22. The van der Waals surface area contributed by atoms with E-state index in [2.05, 4.69) is 59.8 Å². The van der Waals surface area contributed by atoms with Crippen molar-refractivity contribution in [1.29, 1.82) is 0 Å². The number of benzene rings is 1. The highest BCUT2D eigenvalue weighted by atomic mass is 79.9. The monoisotopic (exact) mass is 355 g/mol. The Bertz CT molecular complexity index is 518. The number of nitrogens with one attached hydrogen (secondary N) is 1. The van der Waals surface area contributed by atoms with Crippen molar-refractivity contribution in [1.82, 2.24) is 5.32 Å². The Kier molecular flexibility index (Phi) is 4.34. The molecular formula is C16H22BrNOS. The summed E-state index contributed by atoms with van der Waals surface area (Å²) in [6.45, 7) is 8.67. The minimum Gasteiger partial charge on any atom is -0.493 e. The van der Waals surface area contributed by atoms with Gasteiger partial charge in [-0.05, 0) is 29.7 Å². The second-order valence-electron chi connectivity index (χ2n) is 5.89. The van der Waals surface area contributed by atoms with E-state index in [9.17, 15) is 0 Å². The minimum absolute atomic E-state index is 0.414. The smallest absolute Gasteiger partial charge is 0.127 e. The molecule has 0 saturated carbocycles. The maximum absolute atomic E-state index is 5.91. The average Bonchev–Trinajstić information content (AvgIpc) is 2.86. The summed E-state index contributed by atoms with van der Waals surface area (Å²) in [5.74, 6) is 2.90. The van der Waals surface area contributed by atoms with Crippen LogP contribution in [0.4, 0.5) is 0 Å². The standard InChI is InChI=1S/C16H22BrNOS/c1-4-18-14-13-11(8-20-16(14)9(2)3)15-10(5-6-19-15)7-12(13)17/h7,9,14,16,18H,4-6,8H2,1-3H3. The molecule has 2 aliphatic heterocycles. The number of fused-ring (bicyclic) bond motifs is 3. The van der Waals surface area contributed by atoms with Gasteiger partial charge in [0.2, 0.25) is 0 Å². The maximum Gasteiger partial charge on any atom is 0.127 e. The molecule has 1 N–H and O–H groups in total. The van der Waals surface area contributed by atoms with E-state index >= 15 is 0 Å². The molecule has 1 aromatic carbocycles. The lowest BCUT2D eigenvalue weighted by molar-refractivity contribution is 0.352. The van der Waals surface area contributed by atoms with Crippen LogP contribution in [0.3, 0.4) is 0 Å². The summed E-state index contributed by atoms with van der Waals surface area (Å²) in [6.07, 6.45) is 1.05. The summed E-state index contributed by atoms with van der Waals surface area (Å²) < 4.78 is 7.17. The van der Waals surface area contributed by atoms with Crippen LogP contribution in [0.5, 0.6) is 5.75 Å². The molecule has 4 heteroatoms. The lowest BCUT2D eigenvalue weighted by Gasteiger charge is -2.37. The van der Waals surface area contributed by atoms with Gasteiger partial charge in [-0.2, -0.15) is 11.8 Å². The Labute approximate surface area is 134 Å². The van der Waals surface area contributed by atoms with Gasteiger partial charge in [-0.3, -0.25) is 0 Å². The van der Waals surface area contributed by atoms with Gasteiger partial charge in [-0.15, -0.1) is 0 Å². The quantitative estimate of drug-likeness (QED) is 0.872. The van der Waals surface area contributed by atoms with Crippen molar-refractivity contribution < 1.29 is 4.74 Å². The third-order valence-electron chi connectivity index (χ3n) is 4.21. The molecule has 0 aromatic heterocycles. The van der Waals surface area contributed by atoms with Crippen molar-refractivity contribution in [2.24, 2.45) is 5.92 Å². The summed E-state index contributed by atoms with van der Waals surface area (Å²) in [6, 6.07) is 2.69. The Morgan fingerprint density at radius 1 is 1.50 bits per heavy atom. The predicted octanol–water partition coefficient (Wildman–Crippen LogP) is 4.31. The van der Waals surface area contributed by atoms with Gasteiger partial charge in [0.1, 0.15) is 5.75 Å². The third kappa shape index (κ3) is 2.40.